The third kappa shape index (κ3) is 5.23. The molecule has 1 saturated carbocycles. The van der Waals surface area contributed by atoms with Crippen LogP contribution in [-0.2, 0) is 9.53 Å². The van der Waals surface area contributed by atoms with Crippen molar-refractivity contribution in [1.29, 1.82) is 0 Å². The van der Waals surface area contributed by atoms with Crippen molar-refractivity contribution in [2.24, 2.45) is 5.92 Å². The summed E-state index contributed by atoms with van der Waals surface area (Å²) >= 11 is 0. The summed E-state index contributed by atoms with van der Waals surface area (Å²) in [5.74, 6) is 1.30. The van der Waals surface area contributed by atoms with Crippen LogP contribution in [0.4, 0.5) is 10.2 Å². The van der Waals surface area contributed by atoms with Gasteiger partial charge in [0.15, 0.2) is 11.4 Å². The third-order valence-electron chi connectivity index (χ3n) is 7.17. The normalized spacial score (nSPS) is 23.4. The summed E-state index contributed by atoms with van der Waals surface area (Å²) in [5.41, 5.74) is 1.12. The van der Waals surface area contributed by atoms with Crippen LogP contribution in [0.2, 0.25) is 0 Å². The van der Waals surface area contributed by atoms with Crippen LogP contribution in [0.5, 0.6) is 0 Å². The van der Waals surface area contributed by atoms with Crippen molar-refractivity contribution in [2.45, 2.75) is 58.1 Å². The van der Waals surface area contributed by atoms with Crippen molar-refractivity contribution in [3.05, 3.63) is 23.5 Å². The van der Waals surface area contributed by atoms with Gasteiger partial charge in [-0.1, -0.05) is 5.16 Å². The summed E-state index contributed by atoms with van der Waals surface area (Å²) in [6, 6.07) is 3.54. The predicted molar refractivity (Wildman–Crippen MR) is 122 cm³/mol. The number of nitrogens with one attached hydrogen (secondary N) is 1. The summed E-state index contributed by atoms with van der Waals surface area (Å²) < 4.78 is 24.2. The van der Waals surface area contributed by atoms with Crippen molar-refractivity contribution in [2.75, 3.05) is 44.7 Å². The van der Waals surface area contributed by atoms with E-state index in [1.54, 1.807) is 21.0 Å². The number of benzene rings is 1. The lowest BCUT2D eigenvalue weighted by molar-refractivity contribution is -0.131. The number of ether oxygens (including phenoxy) is 1. The average Bonchev–Trinajstić information content (AvgIpc) is 3.21. The van der Waals surface area contributed by atoms with Gasteiger partial charge in [-0.05, 0) is 70.0 Å². The standard InChI is InChI=1S/C24H35FN4O3/c1-16-14-20-22(15-21(16)25)32-27-23(20)29-12-10-28(11-13-29)9-8-18-4-6-19(7-5-18)26-24(30)17(2)31-3/h14-15,17-19H,4-13H2,1-3H3,(H,26,30). The molecule has 2 aliphatic rings. The first-order chi connectivity index (χ1) is 15.4. The van der Waals surface area contributed by atoms with Crippen molar-refractivity contribution in [3.8, 4) is 0 Å². The van der Waals surface area contributed by atoms with E-state index in [1.807, 2.05) is 6.07 Å². The number of aryl methyl sites for hydroxylation is 1. The monoisotopic (exact) mass is 446 g/mol. The van der Waals surface area contributed by atoms with Gasteiger partial charge in [0.1, 0.15) is 11.9 Å². The number of piperazine rings is 1. The van der Waals surface area contributed by atoms with E-state index in [9.17, 15) is 9.18 Å². The molecule has 7 nitrogen and oxygen atoms in total. The van der Waals surface area contributed by atoms with Crippen LogP contribution in [0.15, 0.2) is 16.7 Å². The Morgan fingerprint density at radius 2 is 1.97 bits per heavy atom. The molecule has 0 radical (unpaired) electrons. The van der Waals surface area contributed by atoms with E-state index < -0.39 is 0 Å². The van der Waals surface area contributed by atoms with Gasteiger partial charge < -0.3 is 19.5 Å². The summed E-state index contributed by atoms with van der Waals surface area (Å²) in [6.07, 6.45) is 5.28. The average molecular weight is 447 g/mol. The number of carbonyl (C=O) groups excluding carboxylic acids is 1. The highest BCUT2D eigenvalue weighted by atomic mass is 19.1. The second-order valence-electron chi connectivity index (χ2n) is 9.33. The van der Waals surface area contributed by atoms with Crippen LogP contribution in [0, 0.1) is 18.7 Å². The highest BCUT2D eigenvalue weighted by Crippen LogP contribution is 2.30. The molecule has 0 bridgehead atoms. The summed E-state index contributed by atoms with van der Waals surface area (Å²) in [7, 11) is 1.57. The Balaban J connectivity index is 1.20. The molecule has 8 heteroatoms. The number of anilines is 1. The molecule has 1 unspecified atom stereocenters. The molecule has 1 aromatic carbocycles. The van der Waals surface area contributed by atoms with Gasteiger partial charge in [0.2, 0.25) is 5.91 Å². The van der Waals surface area contributed by atoms with Crippen LogP contribution >= 0.6 is 0 Å². The number of nitrogens with zero attached hydrogens (tertiary/aromatic N) is 3. The zero-order chi connectivity index (χ0) is 22.7. The van der Waals surface area contributed by atoms with Gasteiger partial charge in [-0.25, -0.2) is 4.39 Å². The van der Waals surface area contributed by atoms with Crippen molar-refractivity contribution in [3.63, 3.8) is 0 Å². The number of rotatable bonds is 7. The zero-order valence-corrected chi connectivity index (χ0v) is 19.4. The second-order valence-corrected chi connectivity index (χ2v) is 9.33. The minimum atomic E-state index is -0.383. The molecule has 2 heterocycles. The molecule has 1 aromatic heterocycles. The number of hydrogen-bond donors (Lipinski definition) is 1. The maximum Gasteiger partial charge on any atom is 0.249 e. The fourth-order valence-electron chi connectivity index (χ4n) is 4.85. The molecule has 1 aliphatic carbocycles. The van der Waals surface area contributed by atoms with Crippen molar-refractivity contribution >= 4 is 22.7 Å². The minimum absolute atomic E-state index is 0.00555. The molecule has 2 aromatic rings. The first-order valence-corrected chi connectivity index (χ1v) is 11.8. The van der Waals surface area contributed by atoms with E-state index in [2.05, 4.69) is 20.3 Å². The molecule has 176 valence electrons. The van der Waals surface area contributed by atoms with Crippen LogP contribution < -0.4 is 10.2 Å². The molecular formula is C24H35FN4O3. The molecule has 1 amide bonds. The Kier molecular flexibility index (Phi) is 7.30. The van der Waals surface area contributed by atoms with Crippen molar-refractivity contribution < 1.29 is 18.4 Å². The lowest BCUT2D eigenvalue weighted by Gasteiger charge is -2.36. The Morgan fingerprint density at radius 1 is 1.25 bits per heavy atom. The fraction of sp³-hybridized carbons (Fsp3) is 0.667. The van der Waals surface area contributed by atoms with E-state index in [0.29, 0.717) is 11.1 Å². The molecule has 4 rings (SSSR count). The summed E-state index contributed by atoms with van der Waals surface area (Å²) in [6.45, 7) is 8.45. The highest BCUT2D eigenvalue weighted by Gasteiger charge is 2.26. The lowest BCUT2D eigenvalue weighted by atomic mass is 9.84. The molecule has 1 aliphatic heterocycles. The maximum absolute atomic E-state index is 13.8. The quantitative estimate of drug-likeness (QED) is 0.702. The Bertz CT molecular complexity index is 917. The molecule has 2 fully saturated rings. The molecule has 0 spiro atoms. The Morgan fingerprint density at radius 3 is 2.66 bits per heavy atom. The van der Waals surface area contributed by atoms with E-state index >= 15 is 0 Å². The minimum Gasteiger partial charge on any atom is -0.372 e. The van der Waals surface area contributed by atoms with E-state index in [1.165, 1.54) is 25.3 Å². The maximum atomic E-state index is 13.8. The largest absolute Gasteiger partial charge is 0.372 e. The van der Waals surface area contributed by atoms with Crippen LogP contribution in [0.1, 0.15) is 44.6 Å². The van der Waals surface area contributed by atoms with Crippen molar-refractivity contribution in [1.82, 2.24) is 15.4 Å². The Labute approximate surface area is 189 Å². The van der Waals surface area contributed by atoms with Crippen LogP contribution in [0.3, 0.4) is 0 Å². The first-order valence-electron chi connectivity index (χ1n) is 11.8. The van der Waals surface area contributed by atoms with E-state index in [-0.39, 0.29) is 23.9 Å². The number of aromatic nitrogens is 1. The van der Waals surface area contributed by atoms with E-state index in [4.69, 9.17) is 9.26 Å². The number of methoxy groups -OCH3 is 1. The second kappa shape index (κ2) is 10.2. The molecule has 1 atom stereocenters. The third-order valence-corrected chi connectivity index (χ3v) is 7.17. The van der Waals surface area contributed by atoms with Crippen LogP contribution in [0.25, 0.3) is 11.0 Å². The zero-order valence-electron chi connectivity index (χ0n) is 19.4. The SMILES string of the molecule is COC(C)C(=O)NC1CCC(CCN2CCN(c3noc4cc(F)c(C)cc34)CC2)CC1. The molecule has 1 N–H and O–H groups in total. The smallest absolute Gasteiger partial charge is 0.249 e. The van der Waals surface area contributed by atoms with Gasteiger partial charge in [0, 0.05) is 45.4 Å². The molecule has 1 saturated heterocycles. The number of amides is 1. The first kappa shape index (κ1) is 23.0. The topological polar surface area (TPSA) is 70.8 Å². The summed E-state index contributed by atoms with van der Waals surface area (Å²) in [4.78, 5) is 16.8. The number of hydrogen-bond acceptors (Lipinski definition) is 6. The highest BCUT2D eigenvalue weighted by molar-refractivity contribution is 5.89. The van der Waals surface area contributed by atoms with Gasteiger partial charge in [-0.15, -0.1) is 0 Å². The molecular weight excluding hydrogens is 411 g/mol. The van der Waals surface area contributed by atoms with Gasteiger partial charge in [0.05, 0.1) is 5.39 Å². The number of halogens is 1. The predicted octanol–water partition coefficient (Wildman–Crippen LogP) is 3.50. The Hall–Kier alpha value is -2.19. The van der Waals surface area contributed by atoms with Gasteiger partial charge in [0.25, 0.3) is 0 Å². The van der Waals surface area contributed by atoms with Gasteiger partial charge in [-0.3, -0.25) is 9.69 Å². The van der Waals surface area contributed by atoms with Gasteiger partial charge >= 0.3 is 0 Å². The van der Waals surface area contributed by atoms with Crippen LogP contribution in [-0.4, -0.2) is 67.9 Å². The summed E-state index contributed by atoms with van der Waals surface area (Å²) in [5, 5.41) is 8.23. The molecule has 32 heavy (non-hydrogen) atoms. The fourth-order valence-corrected chi connectivity index (χ4v) is 4.85. The number of fused-ring (bicyclic) bond motifs is 1. The van der Waals surface area contributed by atoms with E-state index in [0.717, 1.165) is 62.7 Å². The van der Waals surface area contributed by atoms with Gasteiger partial charge in [-0.2, -0.15) is 0 Å². The lowest BCUT2D eigenvalue weighted by Crippen LogP contribution is -2.47. The number of carbonyl (C=O) groups is 1.